The summed E-state index contributed by atoms with van der Waals surface area (Å²) in [5.74, 6) is 0.723. The zero-order valence-corrected chi connectivity index (χ0v) is 13.0. The molecule has 0 saturated heterocycles. The third-order valence-electron chi connectivity index (χ3n) is 2.71. The molecule has 1 rings (SSSR count). The van der Waals surface area contributed by atoms with Crippen molar-refractivity contribution in [3.8, 4) is 5.75 Å². The van der Waals surface area contributed by atoms with E-state index in [2.05, 4.69) is 15.5 Å². The molecule has 0 bridgehead atoms. The van der Waals surface area contributed by atoms with Gasteiger partial charge in [-0.25, -0.2) is 0 Å². The number of carbonyl (C=O) groups is 1. The minimum absolute atomic E-state index is 0.0765. The van der Waals surface area contributed by atoms with Crippen molar-refractivity contribution in [2.45, 2.75) is 0 Å². The van der Waals surface area contributed by atoms with Gasteiger partial charge in [0.15, 0.2) is 0 Å². The number of benzene rings is 1. The van der Waals surface area contributed by atoms with E-state index in [0.29, 0.717) is 19.8 Å². The Labute approximate surface area is 126 Å². The number of nitrogens with one attached hydrogen (secondary N) is 2. The number of hydrogen-bond acceptors (Lipinski definition) is 5. The van der Waals surface area contributed by atoms with Crippen LogP contribution < -0.4 is 15.4 Å². The van der Waals surface area contributed by atoms with Gasteiger partial charge in [0, 0.05) is 25.9 Å². The lowest BCUT2D eigenvalue weighted by Gasteiger charge is -2.11. The van der Waals surface area contributed by atoms with Gasteiger partial charge in [0.2, 0.25) is 5.91 Å². The lowest BCUT2D eigenvalue weighted by atomic mass is 10.3. The monoisotopic (exact) mass is 295 g/mol. The molecule has 118 valence electrons. The Balaban J connectivity index is 2.28. The molecule has 0 radical (unpaired) electrons. The van der Waals surface area contributed by atoms with E-state index in [4.69, 9.17) is 9.47 Å². The third-order valence-corrected chi connectivity index (χ3v) is 2.71. The van der Waals surface area contributed by atoms with Crippen LogP contribution in [0, 0.1) is 0 Å². The minimum Gasteiger partial charge on any atom is -0.492 e. The normalized spacial score (nSPS) is 10.7. The van der Waals surface area contributed by atoms with Gasteiger partial charge in [-0.3, -0.25) is 4.79 Å². The molecule has 0 aromatic heterocycles. The standard InChI is InChI=1S/C15H25N3O3/c1-18(2)9-11-21-14-6-4-13(5-7-14)17-15(19)12-16-8-10-20-3/h4-7,16H,8-12H2,1-3H3,(H,17,19). The van der Waals surface area contributed by atoms with E-state index in [1.807, 2.05) is 38.4 Å². The number of carbonyl (C=O) groups excluding carboxylic acids is 1. The maximum absolute atomic E-state index is 11.7. The summed E-state index contributed by atoms with van der Waals surface area (Å²) in [7, 11) is 5.63. The van der Waals surface area contributed by atoms with Crippen LogP contribution in [0.15, 0.2) is 24.3 Å². The topological polar surface area (TPSA) is 62.8 Å². The van der Waals surface area contributed by atoms with Crippen molar-refractivity contribution in [3.05, 3.63) is 24.3 Å². The number of anilines is 1. The van der Waals surface area contributed by atoms with Crippen LogP contribution >= 0.6 is 0 Å². The quantitative estimate of drug-likeness (QED) is 0.625. The van der Waals surface area contributed by atoms with Gasteiger partial charge in [-0.1, -0.05) is 0 Å². The first-order chi connectivity index (χ1) is 10.1. The molecular weight excluding hydrogens is 270 g/mol. The summed E-state index contributed by atoms with van der Waals surface area (Å²) in [6, 6.07) is 7.36. The summed E-state index contributed by atoms with van der Waals surface area (Å²) in [4.78, 5) is 13.7. The minimum atomic E-state index is -0.0765. The summed E-state index contributed by atoms with van der Waals surface area (Å²) >= 11 is 0. The Morgan fingerprint density at radius 3 is 2.52 bits per heavy atom. The second-order valence-corrected chi connectivity index (χ2v) is 4.89. The predicted octanol–water partition coefficient (Wildman–Crippen LogP) is 0.802. The molecule has 0 saturated carbocycles. The maximum atomic E-state index is 11.7. The summed E-state index contributed by atoms with van der Waals surface area (Å²) in [5.41, 5.74) is 0.758. The van der Waals surface area contributed by atoms with Crippen molar-refractivity contribution in [3.63, 3.8) is 0 Å². The molecule has 0 aliphatic carbocycles. The Bertz CT molecular complexity index is 407. The van der Waals surface area contributed by atoms with Crippen molar-refractivity contribution in [2.75, 3.05) is 59.4 Å². The van der Waals surface area contributed by atoms with E-state index < -0.39 is 0 Å². The molecule has 0 aliphatic heterocycles. The molecule has 1 amide bonds. The molecule has 1 aromatic rings. The zero-order chi connectivity index (χ0) is 15.5. The Kier molecular flexibility index (Phi) is 8.42. The molecule has 0 aliphatic rings. The fourth-order valence-electron chi connectivity index (χ4n) is 1.56. The average molecular weight is 295 g/mol. The van der Waals surface area contributed by atoms with Gasteiger partial charge in [-0.15, -0.1) is 0 Å². The van der Waals surface area contributed by atoms with Crippen molar-refractivity contribution >= 4 is 11.6 Å². The molecule has 0 fully saturated rings. The van der Waals surface area contributed by atoms with Gasteiger partial charge in [0.25, 0.3) is 0 Å². The number of nitrogens with zero attached hydrogens (tertiary/aromatic N) is 1. The first-order valence-corrected chi connectivity index (χ1v) is 6.99. The summed E-state index contributed by atoms with van der Waals surface area (Å²) in [6.07, 6.45) is 0. The Hall–Kier alpha value is -1.63. The van der Waals surface area contributed by atoms with Crippen LogP contribution in [0.1, 0.15) is 0 Å². The molecule has 1 aromatic carbocycles. The Morgan fingerprint density at radius 1 is 1.19 bits per heavy atom. The molecule has 0 unspecified atom stereocenters. The van der Waals surface area contributed by atoms with Crippen LogP contribution in [0.3, 0.4) is 0 Å². The van der Waals surface area contributed by atoms with E-state index in [0.717, 1.165) is 18.0 Å². The first kappa shape index (κ1) is 17.4. The molecule has 2 N–H and O–H groups in total. The van der Waals surface area contributed by atoms with Crippen molar-refractivity contribution < 1.29 is 14.3 Å². The van der Waals surface area contributed by atoms with Crippen LogP contribution in [0.25, 0.3) is 0 Å². The molecule has 21 heavy (non-hydrogen) atoms. The van der Waals surface area contributed by atoms with E-state index in [1.54, 1.807) is 7.11 Å². The zero-order valence-electron chi connectivity index (χ0n) is 13.0. The Morgan fingerprint density at radius 2 is 1.90 bits per heavy atom. The van der Waals surface area contributed by atoms with Crippen LogP contribution in [0.4, 0.5) is 5.69 Å². The van der Waals surface area contributed by atoms with Crippen molar-refractivity contribution in [1.29, 1.82) is 0 Å². The molecule has 6 nitrogen and oxygen atoms in total. The average Bonchev–Trinajstić information content (AvgIpc) is 2.45. The van der Waals surface area contributed by atoms with Gasteiger partial charge < -0.3 is 25.0 Å². The SMILES string of the molecule is COCCNCC(=O)Nc1ccc(OCCN(C)C)cc1. The highest BCUT2D eigenvalue weighted by molar-refractivity contribution is 5.92. The van der Waals surface area contributed by atoms with Gasteiger partial charge >= 0.3 is 0 Å². The summed E-state index contributed by atoms with van der Waals surface area (Å²) < 4.78 is 10.5. The van der Waals surface area contributed by atoms with E-state index in [-0.39, 0.29) is 12.5 Å². The molecule has 0 spiro atoms. The maximum Gasteiger partial charge on any atom is 0.238 e. The fraction of sp³-hybridized carbons (Fsp3) is 0.533. The number of hydrogen-bond donors (Lipinski definition) is 2. The predicted molar refractivity (Wildman–Crippen MR) is 83.9 cm³/mol. The highest BCUT2D eigenvalue weighted by atomic mass is 16.5. The molecule has 0 heterocycles. The van der Waals surface area contributed by atoms with Crippen LogP contribution in [0.5, 0.6) is 5.75 Å². The number of ether oxygens (including phenoxy) is 2. The smallest absolute Gasteiger partial charge is 0.238 e. The largest absolute Gasteiger partial charge is 0.492 e. The molecular formula is C15H25N3O3. The van der Waals surface area contributed by atoms with Crippen LogP contribution in [-0.4, -0.2) is 64.9 Å². The third kappa shape index (κ3) is 8.29. The molecule has 0 atom stereocenters. The van der Waals surface area contributed by atoms with Gasteiger partial charge in [0.1, 0.15) is 12.4 Å². The fourth-order valence-corrected chi connectivity index (χ4v) is 1.56. The number of methoxy groups -OCH3 is 1. The lowest BCUT2D eigenvalue weighted by Crippen LogP contribution is -2.30. The van der Waals surface area contributed by atoms with Crippen molar-refractivity contribution in [2.24, 2.45) is 0 Å². The number of rotatable bonds is 10. The number of likely N-dealkylation sites (N-methyl/N-ethyl adjacent to an activating group) is 1. The van der Waals surface area contributed by atoms with Crippen LogP contribution in [-0.2, 0) is 9.53 Å². The van der Waals surface area contributed by atoms with E-state index in [9.17, 15) is 4.79 Å². The van der Waals surface area contributed by atoms with Crippen LogP contribution in [0.2, 0.25) is 0 Å². The first-order valence-electron chi connectivity index (χ1n) is 6.99. The highest BCUT2D eigenvalue weighted by Crippen LogP contribution is 2.15. The second-order valence-electron chi connectivity index (χ2n) is 4.89. The highest BCUT2D eigenvalue weighted by Gasteiger charge is 2.02. The number of amides is 1. The van der Waals surface area contributed by atoms with Gasteiger partial charge in [0.05, 0.1) is 13.2 Å². The van der Waals surface area contributed by atoms with E-state index >= 15 is 0 Å². The van der Waals surface area contributed by atoms with E-state index in [1.165, 1.54) is 0 Å². The van der Waals surface area contributed by atoms with Crippen molar-refractivity contribution in [1.82, 2.24) is 10.2 Å². The lowest BCUT2D eigenvalue weighted by molar-refractivity contribution is -0.115. The summed E-state index contributed by atoms with van der Waals surface area (Å²) in [5, 5.41) is 5.80. The van der Waals surface area contributed by atoms with Gasteiger partial charge in [-0.2, -0.15) is 0 Å². The second kappa shape index (κ2) is 10.1. The molecule has 6 heteroatoms. The van der Waals surface area contributed by atoms with Gasteiger partial charge in [-0.05, 0) is 38.4 Å². The summed E-state index contributed by atoms with van der Waals surface area (Å²) in [6.45, 7) is 3.02.